The molecule has 0 saturated carbocycles. The molecule has 0 radical (unpaired) electrons. The number of nitrogens with one attached hydrogen (secondary N) is 1. The van der Waals surface area contributed by atoms with Crippen molar-refractivity contribution < 1.29 is 14.3 Å². The van der Waals surface area contributed by atoms with E-state index in [0.29, 0.717) is 38.7 Å². The Bertz CT molecular complexity index is 975. The lowest BCUT2D eigenvalue weighted by Gasteiger charge is -2.09. The van der Waals surface area contributed by atoms with Crippen LogP contribution in [0.25, 0.3) is 0 Å². The first-order chi connectivity index (χ1) is 13.0. The van der Waals surface area contributed by atoms with Gasteiger partial charge in [0.1, 0.15) is 0 Å². The van der Waals surface area contributed by atoms with Crippen molar-refractivity contribution in [2.24, 2.45) is 0 Å². The van der Waals surface area contributed by atoms with Gasteiger partial charge in [-0.25, -0.2) is 4.98 Å². The quantitative estimate of drug-likeness (QED) is 0.584. The smallest absolute Gasteiger partial charge is 0.257 e. The van der Waals surface area contributed by atoms with Gasteiger partial charge in [-0.05, 0) is 35.9 Å². The summed E-state index contributed by atoms with van der Waals surface area (Å²) in [5.41, 5.74) is 1.47. The van der Waals surface area contributed by atoms with Crippen LogP contribution in [-0.4, -0.2) is 25.1 Å². The molecule has 8 heteroatoms. The van der Waals surface area contributed by atoms with Crippen LogP contribution in [0, 0.1) is 0 Å². The third-order valence-corrected chi connectivity index (χ3v) is 5.43. The SMILES string of the molecule is COc1ccc(C(=O)Nc2ncc(Cc3ccc(Cl)c(Cl)c3)s2)cc1OC. The van der Waals surface area contributed by atoms with E-state index >= 15 is 0 Å². The first kappa shape index (κ1) is 19.5. The van der Waals surface area contributed by atoms with E-state index in [1.165, 1.54) is 18.4 Å². The van der Waals surface area contributed by atoms with E-state index in [2.05, 4.69) is 10.3 Å². The first-order valence-electron chi connectivity index (χ1n) is 7.92. The number of benzene rings is 2. The molecule has 2 aromatic carbocycles. The Kier molecular flexibility index (Phi) is 6.21. The summed E-state index contributed by atoms with van der Waals surface area (Å²) in [6.45, 7) is 0. The standard InChI is InChI=1S/C19H16Cl2N2O3S/c1-25-16-6-4-12(9-17(16)26-2)18(24)23-19-22-10-13(27-19)7-11-3-5-14(20)15(21)8-11/h3-6,8-10H,7H2,1-2H3,(H,22,23,24). The van der Waals surface area contributed by atoms with Crippen molar-refractivity contribution in [1.82, 2.24) is 4.98 Å². The molecular formula is C19H16Cl2N2O3S. The number of amides is 1. The number of aromatic nitrogens is 1. The highest BCUT2D eigenvalue weighted by Gasteiger charge is 2.13. The minimum Gasteiger partial charge on any atom is -0.493 e. The molecule has 3 aromatic rings. The maximum absolute atomic E-state index is 12.5. The predicted octanol–water partition coefficient (Wildman–Crippen LogP) is 5.31. The number of rotatable bonds is 6. The number of ether oxygens (including phenoxy) is 2. The number of carbonyl (C=O) groups is 1. The summed E-state index contributed by atoms with van der Waals surface area (Å²) >= 11 is 13.4. The van der Waals surface area contributed by atoms with Crippen molar-refractivity contribution in [3.05, 3.63) is 68.6 Å². The molecule has 0 aliphatic heterocycles. The van der Waals surface area contributed by atoms with Gasteiger partial charge in [0.2, 0.25) is 0 Å². The molecule has 1 aromatic heterocycles. The second-order valence-electron chi connectivity index (χ2n) is 5.58. The summed E-state index contributed by atoms with van der Waals surface area (Å²) in [7, 11) is 3.07. The Labute approximate surface area is 170 Å². The Morgan fingerprint density at radius 3 is 2.56 bits per heavy atom. The van der Waals surface area contributed by atoms with E-state index in [-0.39, 0.29) is 5.91 Å². The van der Waals surface area contributed by atoms with Gasteiger partial charge in [-0.3, -0.25) is 10.1 Å². The maximum atomic E-state index is 12.5. The Morgan fingerprint density at radius 2 is 1.85 bits per heavy atom. The number of carbonyl (C=O) groups excluding carboxylic acids is 1. The molecule has 1 N–H and O–H groups in total. The zero-order chi connectivity index (χ0) is 19.4. The summed E-state index contributed by atoms with van der Waals surface area (Å²) < 4.78 is 10.4. The Morgan fingerprint density at radius 1 is 1.07 bits per heavy atom. The number of anilines is 1. The molecule has 140 valence electrons. The molecule has 0 bridgehead atoms. The highest BCUT2D eigenvalue weighted by atomic mass is 35.5. The molecule has 0 fully saturated rings. The number of hydrogen-bond acceptors (Lipinski definition) is 5. The number of methoxy groups -OCH3 is 2. The summed E-state index contributed by atoms with van der Waals surface area (Å²) in [6, 6.07) is 10.5. The van der Waals surface area contributed by atoms with Crippen LogP contribution in [0.1, 0.15) is 20.8 Å². The lowest BCUT2D eigenvalue weighted by molar-refractivity contribution is 0.102. The number of halogens is 2. The average molecular weight is 423 g/mol. The Hall–Kier alpha value is -2.28. The normalized spacial score (nSPS) is 10.5. The van der Waals surface area contributed by atoms with Crippen LogP contribution in [0.5, 0.6) is 11.5 Å². The van der Waals surface area contributed by atoms with Crippen LogP contribution in [0.2, 0.25) is 10.0 Å². The molecule has 3 rings (SSSR count). The fourth-order valence-corrected chi connectivity index (χ4v) is 3.61. The summed E-state index contributed by atoms with van der Waals surface area (Å²) in [5, 5.41) is 4.35. The molecule has 27 heavy (non-hydrogen) atoms. The predicted molar refractivity (Wildman–Crippen MR) is 109 cm³/mol. The highest BCUT2D eigenvalue weighted by molar-refractivity contribution is 7.15. The van der Waals surface area contributed by atoms with Crippen LogP contribution in [0.15, 0.2) is 42.6 Å². The van der Waals surface area contributed by atoms with E-state index in [1.54, 1.807) is 37.6 Å². The van der Waals surface area contributed by atoms with Crippen molar-refractivity contribution in [3.63, 3.8) is 0 Å². The van der Waals surface area contributed by atoms with Crippen molar-refractivity contribution in [3.8, 4) is 11.5 Å². The van der Waals surface area contributed by atoms with Crippen LogP contribution >= 0.6 is 34.5 Å². The monoisotopic (exact) mass is 422 g/mol. The van der Waals surface area contributed by atoms with E-state index in [1.807, 2.05) is 12.1 Å². The van der Waals surface area contributed by atoms with Crippen LogP contribution in [0.3, 0.4) is 0 Å². The zero-order valence-electron chi connectivity index (χ0n) is 14.6. The topological polar surface area (TPSA) is 60.5 Å². The lowest BCUT2D eigenvalue weighted by atomic mass is 10.1. The largest absolute Gasteiger partial charge is 0.493 e. The molecule has 0 unspecified atom stereocenters. The van der Waals surface area contributed by atoms with Gasteiger partial charge in [-0.2, -0.15) is 0 Å². The molecule has 1 amide bonds. The van der Waals surface area contributed by atoms with Crippen molar-refractivity contribution in [2.45, 2.75) is 6.42 Å². The van der Waals surface area contributed by atoms with E-state index in [9.17, 15) is 4.79 Å². The molecule has 0 aliphatic carbocycles. The highest BCUT2D eigenvalue weighted by Crippen LogP contribution is 2.29. The van der Waals surface area contributed by atoms with Crippen LogP contribution in [0.4, 0.5) is 5.13 Å². The third-order valence-electron chi connectivity index (χ3n) is 3.78. The molecule has 0 aliphatic rings. The number of hydrogen-bond donors (Lipinski definition) is 1. The van der Waals surface area contributed by atoms with Gasteiger partial charge < -0.3 is 9.47 Å². The molecule has 0 spiro atoms. The molecule has 5 nitrogen and oxygen atoms in total. The summed E-state index contributed by atoms with van der Waals surface area (Å²) in [4.78, 5) is 17.7. The van der Waals surface area contributed by atoms with Gasteiger partial charge >= 0.3 is 0 Å². The first-order valence-corrected chi connectivity index (χ1v) is 9.49. The average Bonchev–Trinajstić information content (AvgIpc) is 3.10. The van der Waals surface area contributed by atoms with Crippen LogP contribution in [-0.2, 0) is 6.42 Å². The molecule has 1 heterocycles. The van der Waals surface area contributed by atoms with Crippen LogP contribution < -0.4 is 14.8 Å². The molecular weight excluding hydrogens is 407 g/mol. The maximum Gasteiger partial charge on any atom is 0.257 e. The van der Waals surface area contributed by atoms with Crippen molar-refractivity contribution in [1.29, 1.82) is 0 Å². The number of nitrogens with zero attached hydrogens (tertiary/aromatic N) is 1. The van der Waals surface area contributed by atoms with E-state index in [4.69, 9.17) is 32.7 Å². The second kappa shape index (κ2) is 8.61. The Balaban J connectivity index is 1.70. The van der Waals surface area contributed by atoms with Gasteiger partial charge in [0.15, 0.2) is 16.6 Å². The summed E-state index contributed by atoms with van der Waals surface area (Å²) in [6.07, 6.45) is 2.39. The number of thiazole rings is 1. The van der Waals surface area contributed by atoms with E-state index in [0.717, 1.165) is 10.4 Å². The third kappa shape index (κ3) is 4.71. The minimum absolute atomic E-state index is 0.272. The van der Waals surface area contributed by atoms with Crippen molar-refractivity contribution >= 4 is 45.6 Å². The van der Waals surface area contributed by atoms with E-state index < -0.39 is 0 Å². The van der Waals surface area contributed by atoms with Crippen molar-refractivity contribution in [2.75, 3.05) is 19.5 Å². The zero-order valence-corrected chi connectivity index (χ0v) is 16.9. The van der Waals surface area contributed by atoms with Gasteiger partial charge in [0.05, 0.1) is 24.3 Å². The van der Waals surface area contributed by atoms with Gasteiger partial charge in [-0.1, -0.05) is 29.3 Å². The van der Waals surface area contributed by atoms with Gasteiger partial charge in [0.25, 0.3) is 5.91 Å². The van der Waals surface area contributed by atoms with Gasteiger partial charge in [-0.15, -0.1) is 11.3 Å². The molecule has 0 atom stereocenters. The second-order valence-corrected chi connectivity index (χ2v) is 7.51. The molecule has 0 saturated heterocycles. The lowest BCUT2D eigenvalue weighted by Crippen LogP contribution is -2.11. The fraction of sp³-hybridized carbons (Fsp3) is 0.158. The minimum atomic E-state index is -0.272. The summed E-state index contributed by atoms with van der Waals surface area (Å²) in [5.74, 6) is 0.781. The fourth-order valence-electron chi connectivity index (χ4n) is 2.44. The van der Waals surface area contributed by atoms with Gasteiger partial charge in [0, 0.05) is 23.1 Å².